The molecule has 0 bridgehead atoms. The number of hydrogen-bond donors (Lipinski definition) is 0. The van der Waals surface area contributed by atoms with Crippen molar-refractivity contribution in [1.82, 2.24) is 0 Å². The molecule has 1 aromatic carbocycles. The molecule has 0 aromatic heterocycles. The Morgan fingerprint density at radius 1 is 1.46 bits per heavy atom. The molecule has 1 atom stereocenters. The van der Waals surface area contributed by atoms with E-state index < -0.39 is 0 Å². The first kappa shape index (κ1) is 8.57. The number of ether oxygens (including phenoxy) is 2. The quantitative estimate of drug-likeness (QED) is 0.692. The third-order valence-corrected chi connectivity index (χ3v) is 2.14. The van der Waals surface area contributed by atoms with E-state index in [2.05, 4.69) is 13.0 Å². The molecular formula is C11H14O2. The zero-order valence-corrected chi connectivity index (χ0v) is 7.82. The molecule has 0 amide bonds. The monoisotopic (exact) mass is 178 g/mol. The summed E-state index contributed by atoms with van der Waals surface area (Å²) in [5.74, 6) is 0.909. The molecule has 2 heteroatoms. The van der Waals surface area contributed by atoms with E-state index >= 15 is 0 Å². The molecule has 1 aliphatic heterocycles. The second-order valence-corrected chi connectivity index (χ2v) is 3.38. The standard InChI is InChI=1S/C11H14O2/c1-9-4-2-5-10(8-9)13-11-6-3-7-12-11/h2,4-5,8,11H,3,6-7H2,1H3. The highest BCUT2D eigenvalue weighted by Gasteiger charge is 2.16. The van der Waals surface area contributed by atoms with Gasteiger partial charge in [-0.15, -0.1) is 0 Å². The number of hydrogen-bond acceptors (Lipinski definition) is 2. The third kappa shape index (κ3) is 2.22. The van der Waals surface area contributed by atoms with Crippen molar-refractivity contribution in [2.45, 2.75) is 26.1 Å². The summed E-state index contributed by atoms with van der Waals surface area (Å²) in [7, 11) is 0. The molecule has 0 saturated carbocycles. The van der Waals surface area contributed by atoms with E-state index in [1.54, 1.807) is 0 Å². The van der Waals surface area contributed by atoms with Crippen molar-refractivity contribution in [3.05, 3.63) is 29.8 Å². The molecular weight excluding hydrogens is 164 g/mol. The Labute approximate surface area is 78.5 Å². The number of benzene rings is 1. The fourth-order valence-electron chi connectivity index (χ4n) is 1.48. The maximum atomic E-state index is 5.63. The summed E-state index contributed by atoms with van der Waals surface area (Å²) < 4.78 is 11.0. The first-order valence-corrected chi connectivity index (χ1v) is 4.69. The van der Waals surface area contributed by atoms with Gasteiger partial charge in [-0.1, -0.05) is 12.1 Å². The van der Waals surface area contributed by atoms with Crippen molar-refractivity contribution in [3.63, 3.8) is 0 Å². The fraction of sp³-hybridized carbons (Fsp3) is 0.455. The van der Waals surface area contributed by atoms with Crippen LogP contribution in [0.15, 0.2) is 24.3 Å². The highest BCUT2D eigenvalue weighted by atomic mass is 16.7. The summed E-state index contributed by atoms with van der Waals surface area (Å²) >= 11 is 0. The van der Waals surface area contributed by atoms with Crippen LogP contribution < -0.4 is 4.74 Å². The van der Waals surface area contributed by atoms with E-state index in [1.165, 1.54) is 5.56 Å². The molecule has 70 valence electrons. The molecule has 1 aromatic rings. The summed E-state index contributed by atoms with van der Waals surface area (Å²) in [6.45, 7) is 2.89. The average Bonchev–Trinajstić information content (AvgIpc) is 2.57. The first-order valence-electron chi connectivity index (χ1n) is 4.69. The minimum Gasteiger partial charge on any atom is -0.465 e. The second kappa shape index (κ2) is 3.79. The van der Waals surface area contributed by atoms with Crippen LogP contribution in [0.4, 0.5) is 0 Å². The summed E-state index contributed by atoms with van der Waals surface area (Å²) in [4.78, 5) is 0. The lowest BCUT2D eigenvalue weighted by Crippen LogP contribution is -2.13. The van der Waals surface area contributed by atoms with Crippen LogP contribution in [0.2, 0.25) is 0 Å². The van der Waals surface area contributed by atoms with Gasteiger partial charge in [-0.2, -0.15) is 0 Å². The van der Waals surface area contributed by atoms with Crippen molar-refractivity contribution < 1.29 is 9.47 Å². The zero-order chi connectivity index (χ0) is 9.10. The van der Waals surface area contributed by atoms with Gasteiger partial charge in [-0.25, -0.2) is 0 Å². The molecule has 1 saturated heterocycles. The Morgan fingerprint density at radius 2 is 2.38 bits per heavy atom. The Balaban J connectivity index is 2.00. The summed E-state index contributed by atoms with van der Waals surface area (Å²) in [5.41, 5.74) is 1.22. The molecule has 1 aliphatic rings. The molecule has 13 heavy (non-hydrogen) atoms. The Morgan fingerprint density at radius 3 is 3.08 bits per heavy atom. The van der Waals surface area contributed by atoms with Gasteiger partial charge in [-0.05, 0) is 31.0 Å². The predicted molar refractivity (Wildman–Crippen MR) is 50.8 cm³/mol. The number of aryl methyl sites for hydroxylation is 1. The van der Waals surface area contributed by atoms with Crippen molar-refractivity contribution in [2.24, 2.45) is 0 Å². The highest BCUT2D eigenvalue weighted by molar-refractivity contribution is 5.27. The minimum absolute atomic E-state index is 0.0261. The summed E-state index contributed by atoms with van der Waals surface area (Å²) in [6.07, 6.45) is 2.09. The lowest BCUT2D eigenvalue weighted by atomic mass is 10.2. The van der Waals surface area contributed by atoms with Crippen LogP contribution in [0.3, 0.4) is 0 Å². The molecule has 2 rings (SSSR count). The maximum Gasteiger partial charge on any atom is 0.199 e. The Kier molecular flexibility index (Phi) is 2.50. The van der Waals surface area contributed by atoms with Crippen molar-refractivity contribution in [2.75, 3.05) is 6.61 Å². The van der Waals surface area contributed by atoms with Gasteiger partial charge >= 0.3 is 0 Å². The van der Waals surface area contributed by atoms with E-state index in [1.807, 2.05) is 18.2 Å². The lowest BCUT2D eigenvalue weighted by molar-refractivity contribution is -0.0390. The van der Waals surface area contributed by atoms with E-state index in [4.69, 9.17) is 9.47 Å². The predicted octanol–water partition coefficient (Wildman–Crippen LogP) is 2.51. The molecule has 1 unspecified atom stereocenters. The van der Waals surface area contributed by atoms with E-state index in [-0.39, 0.29) is 6.29 Å². The SMILES string of the molecule is Cc1cccc(OC2CCCO2)c1. The largest absolute Gasteiger partial charge is 0.465 e. The van der Waals surface area contributed by atoms with Crippen LogP contribution in [-0.4, -0.2) is 12.9 Å². The normalized spacial score (nSPS) is 21.8. The average molecular weight is 178 g/mol. The van der Waals surface area contributed by atoms with Crippen molar-refractivity contribution >= 4 is 0 Å². The minimum atomic E-state index is -0.0261. The molecule has 0 radical (unpaired) electrons. The van der Waals surface area contributed by atoms with Crippen LogP contribution in [0, 0.1) is 6.92 Å². The number of rotatable bonds is 2. The zero-order valence-electron chi connectivity index (χ0n) is 7.82. The van der Waals surface area contributed by atoms with Gasteiger partial charge in [0.1, 0.15) is 5.75 Å². The van der Waals surface area contributed by atoms with Gasteiger partial charge < -0.3 is 9.47 Å². The summed E-state index contributed by atoms with van der Waals surface area (Å²) in [5, 5.41) is 0. The lowest BCUT2D eigenvalue weighted by Gasteiger charge is -2.12. The van der Waals surface area contributed by atoms with Gasteiger partial charge in [0.2, 0.25) is 0 Å². The van der Waals surface area contributed by atoms with E-state index in [0.29, 0.717) is 0 Å². The molecule has 0 aliphatic carbocycles. The molecule has 1 heterocycles. The molecule has 2 nitrogen and oxygen atoms in total. The first-order chi connectivity index (χ1) is 6.34. The molecule has 0 spiro atoms. The van der Waals surface area contributed by atoms with Crippen molar-refractivity contribution in [3.8, 4) is 5.75 Å². The highest BCUT2D eigenvalue weighted by Crippen LogP contribution is 2.19. The van der Waals surface area contributed by atoms with Crippen LogP contribution >= 0.6 is 0 Å². The smallest absolute Gasteiger partial charge is 0.199 e. The van der Waals surface area contributed by atoms with Crippen molar-refractivity contribution in [1.29, 1.82) is 0 Å². The van der Waals surface area contributed by atoms with Gasteiger partial charge in [0.05, 0.1) is 6.61 Å². The van der Waals surface area contributed by atoms with Gasteiger partial charge in [0, 0.05) is 6.42 Å². The van der Waals surface area contributed by atoms with Crippen LogP contribution in [-0.2, 0) is 4.74 Å². The second-order valence-electron chi connectivity index (χ2n) is 3.38. The van der Waals surface area contributed by atoms with E-state index in [9.17, 15) is 0 Å². The fourth-order valence-corrected chi connectivity index (χ4v) is 1.48. The van der Waals surface area contributed by atoms with Gasteiger partial charge in [0.15, 0.2) is 6.29 Å². The van der Waals surface area contributed by atoms with Gasteiger partial charge in [-0.3, -0.25) is 0 Å². The topological polar surface area (TPSA) is 18.5 Å². The van der Waals surface area contributed by atoms with E-state index in [0.717, 1.165) is 25.2 Å². The third-order valence-electron chi connectivity index (χ3n) is 2.14. The van der Waals surface area contributed by atoms with Gasteiger partial charge in [0.25, 0.3) is 0 Å². The Hall–Kier alpha value is -1.02. The summed E-state index contributed by atoms with van der Waals surface area (Å²) in [6, 6.07) is 8.05. The van der Waals surface area contributed by atoms with Crippen LogP contribution in [0.25, 0.3) is 0 Å². The molecule has 0 N–H and O–H groups in total. The van der Waals surface area contributed by atoms with Crippen LogP contribution in [0.1, 0.15) is 18.4 Å². The maximum absolute atomic E-state index is 5.63. The molecule has 1 fully saturated rings. The van der Waals surface area contributed by atoms with Crippen LogP contribution in [0.5, 0.6) is 5.75 Å². The Bertz CT molecular complexity index is 277.